The molecule has 0 unspecified atom stereocenters. The van der Waals surface area contributed by atoms with Crippen molar-refractivity contribution in [2.24, 2.45) is 5.73 Å². The molecule has 1 aromatic heterocycles. The van der Waals surface area contributed by atoms with Gasteiger partial charge in [-0.05, 0) is 12.1 Å². The molecule has 0 saturated carbocycles. The van der Waals surface area contributed by atoms with Crippen molar-refractivity contribution in [3.63, 3.8) is 0 Å². The van der Waals surface area contributed by atoms with E-state index in [0.29, 0.717) is 26.1 Å². The first-order chi connectivity index (χ1) is 7.74. The van der Waals surface area contributed by atoms with Crippen LogP contribution in [0.5, 0.6) is 0 Å². The highest BCUT2D eigenvalue weighted by atomic mass is 16.5. The van der Waals surface area contributed by atoms with E-state index in [9.17, 15) is 0 Å². The highest BCUT2D eigenvalue weighted by molar-refractivity contribution is 5.77. The fraction of sp³-hybridized carbons (Fsp3) is 0.500. The number of anilines is 1. The second-order valence-corrected chi connectivity index (χ2v) is 3.34. The molecule has 6 nitrogen and oxygen atoms in total. The molecule has 6 heteroatoms. The average Bonchev–Trinajstić information content (AvgIpc) is 2.30. The van der Waals surface area contributed by atoms with Crippen molar-refractivity contribution >= 4 is 11.7 Å². The maximum absolute atomic E-state index is 7.21. The van der Waals surface area contributed by atoms with Crippen molar-refractivity contribution in [1.82, 2.24) is 10.2 Å². The van der Waals surface area contributed by atoms with Crippen LogP contribution in [0.1, 0.15) is 6.42 Å². The van der Waals surface area contributed by atoms with Gasteiger partial charge in [-0.1, -0.05) is 0 Å². The fourth-order valence-electron chi connectivity index (χ4n) is 1.26. The Bertz CT molecular complexity index is 316. The van der Waals surface area contributed by atoms with Gasteiger partial charge in [-0.3, -0.25) is 5.41 Å². The van der Waals surface area contributed by atoms with Gasteiger partial charge in [0.15, 0.2) is 5.82 Å². The lowest BCUT2D eigenvalue weighted by Crippen LogP contribution is -2.31. The van der Waals surface area contributed by atoms with Gasteiger partial charge in [-0.2, -0.15) is 5.10 Å². The van der Waals surface area contributed by atoms with E-state index in [-0.39, 0.29) is 5.84 Å². The number of nitrogens with zero attached hydrogens (tertiary/aromatic N) is 3. The predicted molar refractivity (Wildman–Crippen MR) is 62.7 cm³/mol. The molecule has 0 aromatic carbocycles. The quantitative estimate of drug-likeness (QED) is 0.511. The van der Waals surface area contributed by atoms with Crippen molar-refractivity contribution in [2.45, 2.75) is 6.42 Å². The molecule has 1 heterocycles. The van der Waals surface area contributed by atoms with Gasteiger partial charge in [0.05, 0.1) is 12.4 Å². The number of methoxy groups -OCH3 is 1. The molecule has 0 saturated heterocycles. The van der Waals surface area contributed by atoms with Gasteiger partial charge < -0.3 is 15.4 Å². The van der Waals surface area contributed by atoms with Crippen molar-refractivity contribution in [1.29, 1.82) is 5.41 Å². The second-order valence-electron chi connectivity index (χ2n) is 3.34. The molecule has 0 fully saturated rings. The highest BCUT2D eigenvalue weighted by Crippen LogP contribution is 2.08. The summed E-state index contributed by atoms with van der Waals surface area (Å²) in [6.45, 7) is 1.97. The number of nitrogens with two attached hydrogens (primary N) is 1. The predicted octanol–water partition coefficient (Wildman–Crippen LogP) is 0.255. The number of hydrogen-bond donors (Lipinski definition) is 2. The average molecular weight is 223 g/mol. The van der Waals surface area contributed by atoms with Gasteiger partial charge in [0.25, 0.3) is 0 Å². The van der Waals surface area contributed by atoms with E-state index in [4.69, 9.17) is 15.9 Å². The third-order valence-corrected chi connectivity index (χ3v) is 2.10. The smallest absolute Gasteiger partial charge is 0.151 e. The summed E-state index contributed by atoms with van der Waals surface area (Å²) in [5.41, 5.74) is 5.34. The molecule has 0 aliphatic heterocycles. The molecule has 0 radical (unpaired) electrons. The Morgan fingerprint density at radius 1 is 1.56 bits per heavy atom. The van der Waals surface area contributed by atoms with E-state index >= 15 is 0 Å². The summed E-state index contributed by atoms with van der Waals surface area (Å²) in [6, 6.07) is 3.71. The van der Waals surface area contributed by atoms with Crippen LogP contribution >= 0.6 is 0 Å². The van der Waals surface area contributed by atoms with E-state index < -0.39 is 0 Å². The molecule has 1 aromatic rings. The molecule has 88 valence electrons. The third kappa shape index (κ3) is 4.22. The van der Waals surface area contributed by atoms with Crippen LogP contribution in [0.3, 0.4) is 0 Å². The monoisotopic (exact) mass is 223 g/mol. The molecule has 0 bridgehead atoms. The van der Waals surface area contributed by atoms with Gasteiger partial charge >= 0.3 is 0 Å². The lowest BCUT2D eigenvalue weighted by molar-refractivity contribution is 0.205. The zero-order chi connectivity index (χ0) is 11.8. The van der Waals surface area contributed by atoms with E-state index in [1.807, 2.05) is 17.0 Å². The minimum absolute atomic E-state index is 0.173. The summed E-state index contributed by atoms with van der Waals surface area (Å²) < 4.78 is 5.03. The van der Waals surface area contributed by atoms with Crippen LogP contribution < -0.4 is 10.6 Å². The van der Waals surface area contributed by atoms with Crippen LogP contribution in [-0.4, -0.2) is 42.8 Å². The molecular formula is C10H17N5O. The number of hydrogen-bond acceptors (Lipinski definition) is 5. The van der Waals surface area contributed by atoms with Gasteiger partial charge in [0.2, 0.25) is 0 Å². The van der Waals surface area contributed by atoms with E-state index in [1.165, 1.54) is 0 Å². The first kappa shape index (κ1) is 12.4. The summed E-state index contributed by atoms with van der Waals surface area (Å²) in [4.78, 5) is 2.00. The maximum Gasteiger partial charge on any atom is 0.151 e. The minimum atomic E-state index is 0.173. The van der Waals surface area contributed by atoms with Crippen molar-refractivity contribution in [2.75, 3.05) is 31.7 Å². The fourth-order valence-corrected chi connectivity index (χ4v) is 1.26. The summed E-state index contributed by atoms with van der Waals surface area (Å²) in [7, 11) is 1.65. The molecule has 0 atom stereocenters. The number of rotatable bonds is 7. The Morgan fingerprint density at radius 3 is 2.94 bits per heavy atom. The van der Waals surface area contributed by atoms with Crippen LogP contribution in [-0.2, 0) is 4.74 Å². The molecule has 0 aliphatic carbocycles. The zero-order valence-corrected chi connectivity index (χ0v) is 9.39. The number of amidine groups is 1. The lowest BCUT2D eigenvalue weighted by atomic mass is 10.3. The van der Waals surface area contributed by atoms with Crippen LogP contribution in [0.2, 0.25) is 0 Å². The molecule has 16 heavy (non-hydrogen) atoms. The van der Waals surface area contributed by atoms with Gasteiger partial charge in [-0.15, -0.1) is 5.10 Å². The standard InChI is InChI=1S/C10H17N5O/c1-16-8-7-15(6-4-9(11)12)10-3-2-5-13-14-10/h2-3,5H,4,6-8H2,1H3,(H3,11,12). The zero-order valence-electron chi connectivity index (χ0n) is 9.39. The Hall–Kier alpha value is -1.69. The first-order valence-corrected chi connectivity index (χ1v) is 5.08. The third-order valence-electron chi connectivity index (χ3n) is 2.10. The van der Waals surface area contributed by atoms with Crippen molar-refractivity contribution < 1.29 is 4.74 Å². The molecule has 1 rings (SSSR count). The normalized spacial score (nSPS) is 10.1. The number of nitrogens with one attached hydrogen (secondary N) is 1. The van der Waals surface area contributed by atoms with Gasteiger partial charge in [0.1, 0.15) is 0 Å². The van der Waals surface area contributed by atoms with Gasteiger partial charge in [0, 0.05) is 32.8 Å². The largest absolute Gasteiger partial charge is 0.388 e. The molecular weight excluding hydrogens is 206 g/mol. The Morgan fingerprint density at radius 2 is 2.38 bits per heavy atom. The Kier molecular flexibility index (Phi) is 5.21. The van der Waals surface area contributed by atoms with Crippen molar-refractivity contribution in [3.05, 3.63) is 18.3 Å². The summed E-state index contributed by atoms with van der Waals surface area (Å²) >= 11 is 0. The first-order valence-electron chi connectivity index (χ1n) is 5.08. The molecule has 0 aliphatic rings. The summed E-state index contributed by atoms with van der Waals surface area (Å²) in [6.07, 6.45) is 2.14. The minimum Gasteiger partial charge on any atom is -0.388 e. The molecule has 0 amide bonds. The number of aromatic nitrogens is 2. The van der Waals surface area contributed by atoms with Gasteiger partial charge in [-0.25, -0.2) is 0 Å². The molecule has 3 N–H and O–H groups in total. The van der Waals surface area contributed by atoms with Crippen LogP contribution in [0, 0.1) is 5.41 Å². The van der Waals surface area contributed by atoms with Crippen LogP contribution in [0.4, 0.5) is 5.82 Å². The summed E-state index contributed by atoms with van der Waals surface area (Å²) in [5, 5.41) is 15.1. The maximum atomic E-state index is 7.21. The summed E-state index contributed by atoms with van der Waals surface area (Å²) in [5.74, 6) is 0.951. The van der Waals surface area contributed by atoms with Crippen LogP contribution in [0.25, 0.3) is 0 Å². The molecule has 0 spiro atoms. The van der Waals surface area contributed by atoms with E-state index in [0.717, 1.165) is 5.82 Å². The lowest BCUT2D eigenvalue weighted by Gasteiger charge is -2.22. The SMILES string of the molecule is COCCN(CCC(=N)N)c1cccnn1. The van der Waals surface area contributed by atoms with Crippen LogP contribution in [0.15, 0.2) is 18.3 Å². The Labute approximate surface area is 94.9 Å². The Balaban J connectivity index is 2.59. The number of ether oxygens (including phenoxy) is 1. The van der Waals surface area contributed by atoms with E-state index in [1.54, 1.807) is 13.3 Å². The topological polar surface area (TPSA) is 88.1 Å². The highest BCUT2D eigenvalue weighted by Gasteiger charge is 2.07. The second kappa shape index (κ2) is 6.73. The van der Waals surface area contributed by atoms with Crippen molar-refractivity contribution in [3.8, 4) is 0 Å². The van der Waals surface area contributed by atoms with E-state index in [2.05, 4.69) is 10.2 Å².